The van der Waals surface area contributed by atoms with E-state index in [2.05, 4.69) is 60.8 Å². The van der Waals surface area contributed by atoms with Gasteiger partial charge in [-0.15, -0.1) is 0 Å². The molecular weight excluding hydrogens is 360 g/mol. The summed E-state index contributed by atoms with van der Waals surface area (Å²) in [4.78, 5) is 0. The molecule has 0 aromatic rings. The molecule has 0 aromatic heterocycles. The van der Waals surface area contributed by atoms with Crippen LogP contribution in [-0.4, -0.2) is 0 Å². The van der Waals surface area contributed by atoms with Gasteiger partial charge in [-0.05, 0) is 25.7 Å². The molecule has 0 heterocycles. The van der Waals surface area contributed by atoms with Crippen molar-refractivity contribution < 1.29 is 0 Å². The molecule has 0 spiro atoms. The molecule has 0 atom stereocenters. The van der Waals surface area contributed by atoms with Crippen LogP contribution < -0.4 is 0 Å². The van der Waals surface area contributed by atoms with E-state index in [1.807, 2.05) is 0 Å². The molecule has 1 rings (SSSR count). The van der Waals surface area contributed by atoms with Gasteiger partial charge in [0.2, 0.25) is 0 Å². The Kier molecular flexibility index (Phi) is 21.4. The maximum Gasteiger partial charge on any atom is -0.0348 e. The van der Waals surface area contributed by atoms with Crippen LogP contribution >= 0.6 is 0 Å². The second-order valence-electron chi connectivity index (χ2n) is 8.95. The van der Waals surface area contributed by atoms with Crippen LogP contribution in [0.4, 0.5) is 0 Å². The Bertz CT molecular complexity index is 430. The summed E-state index contributed by atoms with van der Waals surface area (Å²) in [5.74, 6) is 0. The Morgan fingerprint density at radius 2 is 0.400 bits per heavy atom. The molecule has 0 saturated carbocycles. The number of hydrogen-bond donors (Lipinski definition) is 0. The summed E-state index contributed by atoms with van der Waals surface area (Å²) < 4.78 is 0. The van der Waals surface area contributed by atoms with Crippen LogP contribution in [0.1, 0.15) is 128 Å². The predicted octanol–water partition coefficient (Wildman–Crippen LogP) is 10.6. The van der Waals surface area contributed by atoms with Crippen molar-refractivity contribution in [3.05, 3.63) is 60.8 Å². The van der Waals surface area contributed by atoms with Crippen molar-refractivity contribution in [2.75, 3.05) is 0 Å². The largest absolute Gasteiger partial charge is 0.0845 e. The summed E-state index contributed by atoms with van der Waals surface area (Å²) in [6.07, 6.45) is 50.0. The average molecular weight is 411 g/mol. The van der Waals surface area contributed by atoms with E-state index in [4.69, 9.17) is 0 Å². The summed E-state index contributed by atoms with van der Waals surface area (Å²) in [6.45, 7) is 0. The highest BCUT2D eigenvalue weighted by Gasteiger charge is 1.95. The van der Waals surface area contributed by atoms with Crippen molar-refractivity contribution in [2.45, 2.75) is 128 Å². The standard InChI is InChI=1S/C30H50/c1-2-4-6-8-10-12-14-16-18-20-22-24-26-28-30-29-27-25-23-21-19-17-15-13-11-9-7-5-3-1/h1-10H,11-30H2/b2-1-,5-3-,6-4-,9-7-,10-8?. The second kappa shape index (κ2) is 24.0. The van der Waals surface area contributed by atoms with Crippen molar-refractivity contribution in [1.82, 2.24) is 0 Å². The van der Waals surface area contributed by atoms with Crippen LogP contribution in [0.15, 0.2) is 60.8 Å². The van der Waals surface area contributed by atoms with Crippen molar-refractivity contribution in [3.63, 3.8) is 0 Å². The SMILES string of the molecule is C1=CCCCCCCCCCCCCCCCCCCCC\C=C/C=C\C=C/C=C\1. The fourth-order valence-electron chi connectivity index (χ4n) is 4.09. The van der Waals surface area contributed by atoms with Crippen LogP contribution in [0.25, 0.3) is 0 Å². The molecule has 0 fully saturated rings. The Hall–Kier alpha value is -1.30. The van der Waals surface area contributed by atoms with E-state index in [1.54, 1.807) is 0 Å². The highest BCUT2D eigenvalue weighted by molar-refractivity contribution is 5.17. The molecule has 0 saturated heterocycles. The molecule has 1 aliphatic rings. The predicted molar refractivity (Wildman–Crippen MR) is 138 cm³/mol. The highest BCUT2D eigenvalue weighted by Crippen LogP contribution is 2.15. The van der Waals surface area contributed by atoms with E-state index in [1.165, 1.54) is 128 Å². The van der Waals surface area contributed by atoms with E-state index in [0.717, 1.165) is 0 Å². The summed E-state index contributed by atoms with van der Waals surface area (Å²) in [7, 11) is 0. The molecule has 30 heavy (non-hydrogen) atoms. The van der Waals surface area contributed by atoms with Gasteiger partial charge in [0.05, 0.1) is 0 Å². The smallest absolute Gasteiger partial charge is 0.0348 e. The molecule has 0 nitrogen and oxygen atoms in total. The first kappa shape index (κ1) is 26.7. The summed E-state index contributed by atoms with van der Waals surface area (Å²) in [5.41, 5.74) is 0. The zero-order valence-corrected chi connectivity index (χ0v) is 19.9. The van der Waals surface area contributed by atoms with Gasteiger partial charge in [0.25, 0.3) is 0 Å². The van der Waals surface area contributed by atoms with Crippen LogP contribution in [0, 0.1) is 0 Å². The molecule has 1 aliphatic carbocycles. The Labute approximate surface area is 189 Å². The molecule has 0 bridgehead atoms. The van der Waals surface area contributed by atoms with Gasteiger partial charge < -0.3 is 0 Å². The number of rotatable bonds is 0. The first-order valence-corrected chi connectivity index (χ1v) is 13.3. The quantitative estimate of drug-likeness (QED) is 0.372. The minimum Gasteiger partial charge on any atom is -0.0845 e. The molecule has 0 N–H and O–H groups in total. The lowest BCUT2D eigenvalue weighted by Gasteiger charge is -2.04. The Morgan fingerprint density at radius 3 is 0.667 bits per heavy atom. The third kappa shape index (κ3) is 21.4. The summed E-state index contributed by atoms with van der Waals surface area (Å²) >= 11 is 0. The maximum atomic E-state index is 2.31. The van der Waals surface area contributed by atoms with E-state index in [9.17, 15) is 0 Å². The maximum absolute atomic E-state index is 2.31. The van der Waals surface area contributed by atoms with Crippen LogP contribution in [-0.2, 0) is 0 Å². The van der Waals surface area contributed by atoms with Crippen LogP contribution in [0.5, 0.6) is 0 Å². The third-order valence-electron chi connectivity index (χ3n) is 6.04. The van der Waals surface area contributed by atoms with Gasteiger partial charge in [-0.2, -0.15) is 0 Å². The van der Waals surface area contributed by atoms with Gasteiger partial charge in [-0.25, -0.2) is 0 Å². The normalized spacial score (nSPS) is 25.6. The van der Waals surface area contributed by atoms with Gasteiger partial charge >= 0.3 is 0 Å². The Morgan fingerprint density at radius 1 is 0.200 bits per heavy atom. The number of hydrogen-bond acceptors (Lipinski definition) is 0. The molecule has 0 unspecified atom stereocenters. The zero-order chi connectivity index (χ0) is 21.2. The summed E-state index contributed by atoms with van der Waals surface area (Å²) in [5, 5.41) is 0. The summed E-state index contributed by atoms with van der Waals surface area (Å²) in [6, 6.07) is 0. The van der Waals surface area contributed by atoms with Gasteiger partial charge in [0.1, 0.15) is 0 Å². The zero-order valence-electron chi connectivity index (χ0n) is 19.9. The lowest BCUT2D eigenvalue weighted by Crippen LogP contribution is -1.84. The van der Waals surface area contributed by atoms with Crippen molar-refractivity contribution in [1.29, 1.82) is 0 Å². The fraction of sp³-hybridized carbons (Fsp3) is 0.667. The molecule has 0 heteroatoms. The van der Waals surface area contributed by atoms with E-state index < -0.39 is 0 Å². The molecule has 0 aliphatic heterocycles. The van der Waals surface area contributed by atoms with E-state index >= 15 is 0 Å². The Balaban J connectivity index is 2.20. The molecule has 0 radical (unpaired) electrons. The fourth-order valence-corrected chi connectivity index (χ4v) is 4.09. The highest BCUT2D eigenvalue weighted by atomic mass is 14.0. The van der Waals surface area contributed by atoms with Crippen LogP contribution in [0.2, 0.25) is 0 Å². The minimum atomic E-state index is 1.22. The lowest BCUT2D eigenvalue weighted by atomic mass is 10.0. The number of allylic oxidation sites excluding steroid dienone is 10. The molecular formula is C30H50. The first-order valence-electron chi connectivity index (χ1n) is 13.3. The van der Waals surface area contributed by atoms with E-state index in [0.29, 0.717) is 0 Å². The van der Waals surface area contributed by atoms with E-state index in [-0.39, 0.29) is 0 Å². The topological polar surface area (TPSA) is 0 Å². The monoisotopic (exact) mass is 410 g/mol. The minimum absolute atomic E-state index is 1.22. The first-order chi connectivity index (χ1) is 15.0. The average Bonchev–Trinajstić information content (AvgIpc) is 2.76. The van der Waals surface area contributed by atoms with Gasteiger partial charge in [0.15, 0.2) is 0 Å². The lowest BCUT2D eigenvalue weighted by molar-refractivity contribution is 0.524. The third-order valence-corrected chi connectivity index (χ3v) is 6.04. The molecule has 170 valence electrons. The second-order valence-corrected chi connectivity index (χ2v) is 8.95. The van der Waals surface area contributed by atoms with Gasteiger partial charge in [-0.1, -0.05) is 163 Å². The van der Waals surface area contributed by atoms with Crippen molar-refractivity contribution in [2.24, 2.45) is 0 Å². The molecule has 0 aromatic carbocycles. The van der Waals surface area contributed by atoms with Crippen molar-refractivity contribution in [3.8, 4) is 0 Å². The van der Waals surface area contributed by atoms with Crippen molar-refractivity contribution >= 4 is 0 Å². The van der Waals surface area contributed by atoms with Gasteiger partial charge in [-0.3, -0.25) is 0 Å². The van der Waals surface area contributed by atoms with Crippen LogP contribution in [0.3, 0.4) is 0 Å². The van der Waals surface area contributed by atoms with Gasteiger partial charge in [0, 0.05) is 0 Å². The molecule has 0 amide bonds.